The van der Waals surface area contributed by atoms with Crippen molar-refractivity contribution < 1.29 is 39.4 Å². The molecule has 8 nitrogen and oxygen atoms in total. The van der Waals surface area contributed by atoms with Crippen LogP contribution in [-0.2, 0) is 11.8 Å². The first-order valence-corrected chi connectivity index (χ1v) is 16.9. The van der Waals surface area contributed by atoms with E-state index in [1.807, 2.05) is 84.9 Å². The third-order valence-corrected chi connectivity index (χ3v) is 9.28. The van der Waals surface area contributed by atoms with E-state index in [0.717, 1.165) is 43.8 Å². The number of ether oxygens (including phenoxy) is 4. The van der Waals surface area contributed by atoms with Crippen LogP contribution in [0.25, 0.3) is 21.5 Å². The van der Waals surface area contributed by atoms with Crippen LogP contribution in [0.15, 0.2) is 109 Å². The molecule has 0 aliphatic heterocycles. The van der Waals surface area contributed by atoms with Gasteiger partial charge in [-0.2, -0.15) is 0 Å². The predicted molar refractivity (Wildman–Crippen MR) is 193 cm³/mol. The van der Waals surface area contributed by atoms with Crippen LogP contribution in [0.5, 0.6) is 23.0 Å². The highest BCUT2D eigenvalue weighted by molar-refractivity contribution is 5.97. The summed E-state index contributed by atoms with van der Waals surface area (Å²) < 4.78 is 26.3. The van der Waals surface area contributed by atoms with Gasteiger partial charge < -0.3 is 39.4 Å². The lowest BCUT2D eigenvalue weighted by Crippen LogP contribution is -2.38. The Morgan fingerprint density at radius 1 is 0.460 bits per heavy atom. The first-order valence-electron chi connectivity index (χ1n) is 16.9. The second-order valence-corrected chi connectivity index (χ2v) is 12.1. The van der Waals surface area contributed by atoms with Gasteiger partial charge in [-0.05, 0) is 51.6 Å². The number of aliphatic hydroxyl groups is 4. The zero-order valence-electron chi connectivity index (χ0n) is 27.7. The van der Waals surface area contributed by atoms with Gasteiger partial charge >= 0.3 is 0 Å². The molecule has 50 heavy (non-hydrogen) atoms. The lowest BCUT2D eigenvalue weighted by atomic mass is 9.58. The smallest absolute Gasteiger partial charge is 0.135 e. The molecule has 0 saturated heterocycles. The van der Waals surface area contributed by atoms with Crippen molar-refractivity contribution in [1.29, 1.82) is 0 Å². The van der Waals surface area contributed by atoms with Gasteiger partial charge in [0.25, 0.3) is 0 Å². The van der Waals surface area contributed by atoms with Crippen molar-refractivity contribution in [1.82, 2.24) is 0 Å². The first-order chi connectivity index (χ1) is 24.7. The largest absolute Gasteiger partial charge is 0.491 e. The molecule has 8 heteroatoms. The third kappa shape index (κ3) is 5.70. The Balaban J connectivity index is 1.78. The molecule has 0 unspecified atom stereocenters. The Morgan fingerprint density at radius 2 is 0.840 bits per heavy atom. The summed E-state index contributed by atoms with van der Waals surface area (Å²) in [5, 5.41) is 43.7. The van der Waals surface area contributed by atoms with Crippen molar-refractivity contribution >= 4 is 21.5 Å². The van der Waals surface area contributed by atoms with Crippen molar-refractivity contribution in [2.24, 2.45) is 0 Å². The van der Waals surface area contributed by atoms with Crippen molar-refractivity contribution in [2.75, 3.05) is 52.9 Å². The quantitative estimate of drug-likeness (QED) is 0.115. The molecule has 6 aromatic rings. The van der Waals surface area contributed by atoms with Crippen LogP contribution < -0.4 is 18.9 Å². The van der Waals surface area contributed by atoms with Gasteiger partial charge in [0.05, 0.1) is 43.0 Å². The molecule has 0 atom stereocenters. The van der Waals surface area contributed by atoms with Crippen LogP contribution >= 0.6 is 0 Å². The summed E-state index contributed by atoms with van der Waals surface area (Å²) in [6.07, 6.45) is 0.661. The molecule has 0 fully saturated rings. The molecule has 0 spiro atoms. The van der Waals surface area contributed by atoms with Gasteiger partial charge in [-0.15, -0.1) is 0 Å². The average Bonchev–Trinajstić information content (AvgIpc) is 3.16. The third-order valence-electron chi connectivity index (χ3n) is 9.28. The fourth-order valence-corrected chi connectivity index (χ4v) is 7.52. The maximum absolute atomic E-state index is 10.1. The minimum atomic E-state index is -1.25. The molecule has 1 aliphatic rings. The number of fused-ring (bicyclic) bond motifs is 4. The van der Waals surface area contributed by atoms with Gasteiger partial charge in [-0.25, -0.2) is 0 Å². The van der Waals surface area contributed by atoms with E-state index < -0.39 is 5.41 Å². The van der Waals surface area contributed by atoms with E-state index >= 15 is 0 Å². The highest BCUT2D eigenvalue weighted by Gasteiger charge is 2.51. The van der Waals surface area contributed by atoms with E-state index in [9.17, 15) is 20.4 Å². The Hall–Kier alpha value is -5.12. The average molecular weight is 673 g/mol. The molecule has 0 radical (unpaired) electrons. The zero-order chi connectivity index (χ0) is 34.5. The molecule has 0 amide bonds. The second kappa shape index (κ2) is 14.8. The van der Waals surface area contributed by atoms with Crippen molar-refractivity contribution in [3.05, 3.63) is 143 Å². The lowest BCUT2D eigenvalue weighted by Gasteiger charge is -2.44. The topological polar surface area (TPSA) is 118 Å². The number of aliphatic hydroxyl groups excluding tert-OH is 4. The Kier molecular flexibility index (Phi) is 9.87. The van der Waals surface area contributed by atoms with Gasteiger partial charge in [0.1, 0.15) is 49.4 Å². The van der Waals surface area contributed by atoms with E-state index in [1.54, 1.807) is 0 Å². The van der Waals surface area contributed by atoms with E-state index in [-0.39, 0.29) is 52.9 Å². The summed E-state index contributed by atoms with van der Waals surface area (Å²) in [5.41, 5.74) is 4.06. The van der Waals surface area contributed by atoms with Gasteiger partial charge in [0, 0.05) is 10.8 Å². The van der Waals surface area contributed by atoms with Crippen molar-refractivity contribution in [3.63, 3.8) is 0 Å². The summed E-state index contributed by atoms with van der Waals surface area (Å²) in [5.74, 6) is 1.97. The maximum Gasteiger partial charge on any atom is 0.135 e. The molecule has 256 valence electrons. The molecule has 1 aliphatic carbocycles. The lowest BCUT2D eigenvalue weighted by molar-refractivity contribution is 0.188. The van der Waals surface area contributed by atoms with Gasteiger partial charge in [0.15, 0.2) is 0 Å². The minimum absolute atomic E-state index is 0.0132. The SMILES string of the molecule is OCCOc1cc2ccccc2c(OCCO)c1C1(c2c(OCCO)cc3ccccc3c2OCCO)c2ccccc2Cc2ccccc21. The van der Waals surface area contributed by atoms with Gasteiger partial charge in [-0.1, -0.05) is 97.1 Å². The molecule has 7 rings (SSSR count). The monoisotopic (exact) mass is 672 g/mol. The molecular formula is C42H40O8. The van der Waals surface area contributed by atoms with Crippen molar-refractivity contribution in [2.45, 2.75) is 11.8 Å². The Labute approximate surface area is 290 Å². The first kappa shape index (κ1) is 33.4. The minimum Gasteiger partial charge on any atom is -0.491 e. The molecule has 0 bridgehead atoms. The van der Waals surface area contributed by atoms with E-state index in [0.29, 0.717) is 40.5 Å². The molecule has 0 heterocycles. The summed E-state index contributed by atoms with van der Waals surface area (Å²) in [6.45, 7) is -0.815. The number of benzene rings is 6. The number of hydrogen-bond acceptors (Lipinski definition) is 8. The zero-order valence-corrected chi connectivity index (χ0v) is 27.7. The standard InChI is InChI=1S/C42H40O8/c43-17-21-47-36-26-28-9-1-5-13-32(28)40(49-23-19-45)38(36)42(34-15-7-3-11-30(34)25-31-12-4-8-16-35(31)42)39-37(48-22-18-44)27-29-10-2-6-14-33(29)41(39)50-24-20-46/h1-16,26-27,43-46H,17-25H2. The summed E-state index contributed by atoms with van der Waals surface area (Å²) >= 11 is 0. The molecule has 0 aromatic heterocycles. The Morgan fingerprint density at radius 3 is 1.28 bits per heavy atom. The number of rotatable bonds is 14. The Bertz CT molecular complexity index is 1970. The molecule has 6 aromatic carbocycles. The molecular weight excluding hydrogens is 632 g/mol. The highest BCUT2D eigenvalue weighted by atomic mass is 16.5. The summed E-state index contributed by atoms with van der Waals surface area (Å²) in [7, 11) is 0. The highest BCUT2D eigenvalue weighted by Crippen LogP contribution is 2.61. The van der Waals surface area contributed by atoms with Crippen LogP contribution in [0, 0.1) is 0 Å². The van der Waals surface area contributed by atoms with E-state index in [4.69, 9.17) is 18.9 Å². The van der Waals surface area contributed by atoms with Gasteiger partial charge in [-0.3, -0.25) is 0 Å². The molecule has 4 N–H and O–H groups in total. The maximum atomic E-state index is 10.1. The van der Waals surface area contributed by atoms with Crippen molar-refractivity contribution in [3.8, 4) is 23.0 Å². The van der Waals surface area contributed by atoms with E-state index in [1.165, 1.54) is 0 Å². The van der Waals surface area contributed by atoms with Gasteiger partial charge in [0.2, 0.25) is 0 Å². The summed E-state index contributed by atoms with van der Waals surface area (Å²) in [6, 6.07) is 36.2. The van der Waals surface area contributed by atoms with Crippen LogP contribution in [0.1, 0.15) is 33.4 Å². The van der Waals surface area contributed by atoms with E-state index in [2.05, 4.69) is 24.3 Å². The predicted octanol–water partition coefficient (Wildman–Crippen LogP) is 5.76. The fraction of sp³-hybridized carbons (Fsp3) is 0.238. The fourth-order valence-electron chi connectivity index (χ4n) is 7.52. The van der Waals surface area contributed by atoms with Crippen LogP contribution in [0.2, 0.25) is 0 Å². The second-order valence-electron chi connectivity index (χ2n) is 12.1. The number of hydrogen-bond donors (Lipinski definition) is 4. The summed E-state index contributed by atoms with van der Waals surface area (Å²) in [4.78, 5) is 0. The normalized spacial score (nSPS) is 13.1. The van der Waals surface area contributed by atoms with Crippen LogP contribution in [-0.4, -0.2) is 73.3 Å². The molecule has 0 saturated carbocycles. The van der Waals surface area contributed by atoms with Crippen LogP contribution in [0.3, 0.4) is 0 Å². The van der Waals surface area contributed by atoms with Crippen LogP contribution in [0.4, 0.5) is 0 Å².